The van der Waals surface area contributed by atoms with E-state index in [-0.39, 0.29) is 14.4 Å². The van der Waals surface area contributed by atoms with Crippen LogP contribution in [0.15, 0.2) is 36.4 Å². The highest BCUT2D eigenvalue weighted by molar-refractivity contribution is 5.86. The summed E-state index contributed by atoms with van der Waals surface area (Å²) in [4.78, 5) is 10.9. The van der Waals surface area contributed by atoms with Gasteiger partial charge in [0.1, 0.15) is 0 Å². The monoisotopic (exact) mass is 187 g/mol. The fourth-order valence-corrected chi connectivity index (χ4v) is 0.919. The van der Waals surface area contributed by atoms with Gasteiger partial charge >= 0.3 is 5.97 Å². The second-order valence-electron chi connectivity index (χ2n) is 2.50. The van der Waals surface area contributed by atoms with E-state index in [2.05, 4.69) is 0 Å². The maximum atomic E-state index is 10.9. The lowest BCUT2D eigenvalue weighted by atomic mass is 10.2. The first-order valence-electron chi connectivity index (χ1n) is 4.23. The van der Waals surface area contributed by atoms with Gasteiger partial charge in [0.2, 0.25) is 0 Å². The fraction of sp³-hybridized carbons (Fsp3) is 0.182. The second-order valence-corrected chi connectivity index (χ2v) is 2.50. The number of hydrogen-bond acceptors (Lipinski definition) is 2. The summed E-state index contributed by atoms with van der Waals surface area (Å²) < 4.78 is 4.74. The van der Waals surface area contributed by atoms with Gasteiger partial charge in [0.05, 0.1) is 6.61 Å². The summed E-state index contributed by atoms with van der Waals surface area (Å²) in [5.74, 6) is -0.300. The van der Waals surface area contributed by atoms with Crippen molar-refractivity contribution >= 4 is 20.5 Å². The van der Waals surface area contributed by atoms with E-state index in [1.54, 1.807) is 13.0 Å². The van der Waals surface area contributed by atoms with Crippen molar-refractivity contribution < 1.29 is 9.53 Å². The molecule has 0 aromatic heterocycles. The van der Waals surface area contributed by atoms with Crippen LogP contribution in [0.1, 0.15) is 12.5 Å². The van der Waals surface area contributed by atoms with Gasteiger partial charge in [-0.1, -0.05) is 30.3 Å². The van der Waals surface area contributed by atoms with Crippen LogP contribution in [-0.2, 0) is 9.53 Å². The van der Waals surface area contributed by atoms with Crippen molar-refractivity contribution in [3.05, 3.63) is 42.0 Å². The number of carbonyl (C=O) groups is 1. The van der Waals surface area contributed by atoms with E-state index in [1.807, 2.05) is 30.3 Å². The van der Waals surface area contributed by atoms with Crippen LogP contribution >= 0.6 is 0 Å². The van der Waals surface area contributed by atoms with Gasteiger partial charge in [-0.15, -0.1) is 0 Å². The zero-order valence-corrected chi connectivity index (χ0v) is 8.14. The Kier molecular flexibility index (Phi) is 6.20. The summed E-state index contributed by atoms with van der Waals surface area (Å²) in [5.41, 5.74) is 0.996. The summed E-state index contributed by atoms with van der Waals surface area (Å²) in [7, 11) is 0. The average molecular weight is 187 g/mol. The molecule has 2 nitrogen and oxygen atoms in total. The van der Waals surface area contributed by atoms with Crippen molar-refractivity contribution in [3.8, 4) is 0 Å². The van der Waals surface area contributed by atoms with E-state index >= 15 is 0 Å². The molecule has 0 fully saturated rings. The molecule has 0 N–H and O–H groups in total. The second kappa shape index (κ2) is 6.95. The Bertz CT molecular complexity index is 293. The van der Waals surface area contributed by atoms with Crippen molar-refractivity contribution in [1.29, 1.82) is 0 Å². The van der Waals surface area contributed by atoms with Gasteiger partial charge in [-0.05, 0) is 18.6 Å². The molecule has 0 saturated carbocycles. The molecule has 3 heteroatoms. The Balaban J connectivity index is 0.00000169. The maximum absolute atomic E-state index is 10.9. The summed E-state index contributed by atoms with van der Waals surface area (Å²) in [6, 6.07) is 9.63. The van der Waals surface area contributed by atoms with Crippen molar-refractivity contribution in [1.82, 2.24) is 0 Å². The molecule has 0 unspecified atom stereocenters. The summed E-state index contributed by atoms with van der Waals surface area (Å²) in [5, 5.41) is 0. The van der Waals surface area contributed by atoms with Gasteiger partial charge in [0.15, 0.2) is 0 Å². The number of esters is 1. The van der Waals surface area contributed by atoms with Crippen LogP contribution in [-0.4, -0.2) is 21.0 Å². The topological polar surface area (TPSA) is 26.3 Å². The Morgan fingerprint density at radius 3 is 2.57 bits per heavy atom. The molecule has 1 aromatic carbocycles. The van der Waals surface area contributed by atoms with Crippen LogP contribution < -0.4 is 0 Å². The summed E-state index contributed by atoms with van der Waals surface area (Å²) in [6.07, 6.45) is 3.16. The molecule has 0 aliphatic carbocycles. The first-order chi connectivity index (χ1) is 6.33. The molecule has 1 rings (SSSR count). The molecule has 0 atom stereocenters. The van der Waals surface area contributed by atoms with Crippen LogP contribution in [0.5, 0.6) is 0 Å². The Labute approximate surface area is 86.2 Å². The molecule has 1 aromatic rings. The van der Waals surface area contributed by atoms with Crippen LogP contribution in [0.25, 0.3) is 6.08 Å². The molecule has 71 valence electrons. The highest BCUT2D eigenvalue weighted by Gasteiger charge is 1.92. The molecular weight excluding hydrogens is 175 g/mol. The van der Waals surface area contributed by atoms with Crippen molar-refractivity contribution in [2.45, 2.75) is 6.92 Å². The van der Waals surface area contributed by atoms with E-state index in [1.165, 1.54) is 6.08 Å². The zero-order valence-electron chi connectivity index (χ0n) is 8.14. The number of ether oxygens (including phenoxy) is 1. The van der Waals surface area contributed by atoms with Crippen LogP contribution in [0, 0.1) is 0 Å². The fourth-order valence-electron chi connectivity index (χ4n) is 0.919. The van der Waals surface area contributed by atoms with E-state index in [4.69, 9.17) is 4.74 Å². The van der Waals surface area contributed by atoms with E-state index < -0.39 is 0 Å². The number of benzene rings is 1. The number of hydrogen-bond donors (Lipinski definition) is 0. The third-order valence-electron chi connectivity index (χ3n) is 1.50. The molecular formula is C11H12BO2. The molecule has 0 bridgehead atoms. The van der Waals surface area contributed by atoms with E-state index in [0.717, 1.165) is 5.56 Å². The quantitative estimate of drug-likeness (QED) is 0.410. The van der Waals surface area contributed by atoms with Crippen LogP contribution in [0.4, 0.5) is 0 Å². The lowest BCUT2D eigenvalue weighted by molar-refractivity contribution is -0.137. The lowest BCUT2D eigenvalue weighted by Crippen LogP contribution is -1.98. The average Bonchev–Trinajstić information content (AvgIpc) is 2.17. The lowest BCUT2D eigenvalue weighted by Gasteiger charge is -1.94. The van der Waals surface area contributed by atoms with Crippen molar-refractivity contribution in [3.63, 3.8) is 0 Å². The normalized spacial score (nSPS) is 9.50. The minimum atomic E-state index is -0.300. The van der Waals surface area contributed by atoms with E-state index in [0.29, 0.717) is 6.61 Å². The van der Waals surface area contributed by atoms with Gasteiger partial charge in [-0.25, -0.2) is 4.79 Å². The van der Waals surface area contributed by atoms with Gasteiger partial charge in [0, 0.05) is 14.5 Å². The molecule has 0 saturated heterocycles. The zero-order chi connectivity index (χ0) is 9.52. The standard InChI is InChI=1S/C11H12O2.B/c1-2-13-11(12)9-8-10-6-4-3-5-7-10;/h3-9H,2H2,1H3;. The van der Waals surface area contributed by atoms with Crippen molar-refractivity contribution in [2.24, 2.45) is 0 Å². The van der Waals surface area contributed by atoms with Crippen molar-refractivity contribution in [2.75, 3.05) is 6.61 Å². The predicted molar refractivity (Wildman–Crippen MR) is 57.9 cm³/mol. The predicted octanol–water partition coefficient (Wildman–Crippen LogP) is 1.88. The molecule has 0 aliphatic heterocycles. The first-order valence-corrected chi connectivity index (χ1v) is 4.23. The highest BCUT2D eigenvalue weighted by Crippen LogP contribution is 2.00. The van der Waals surface area contributed by atoms with E-state index in [9.17, 15) is 4.79 Å². The van der Waals surface area contributed by atoms with Gasteiger partial charge < -0.3 is 4.74 Å². The Morgan fingerprint density at radius 1 is 1.36 bits per heavy atom. The van der Waals surface area contributed by atoms with Gasteiger partial charge in [-0.2, -0.15) is 0 Å². The van der Waals surface area contributed by atoms with Gasteiger partial charge in [0.25, 0.3) is 0 Å². The number of rotatable bonds is 3. The number of carbonyl (C=O) groups excluding carboxylic acids is 1. The Hall–Kier alpha value is -1.51. The SMILES string of the molecule is CCOC(=O)C=Cc1ccccc1.[B]. The van der Waals surface area contributed by atoms with Crippen LogP contribution in [0.3, 0.4) is 0 Å². The van der Waals surface area contributed by atoms with Crippen LogP contribution in [0.2, 0.25) is 0 Å². The highest BCUT2D eigenvalue weighted by atomic mass is 16.5. The molecule has 0 aliphatic rings. The summed E-state index contributed by atoms with van der Waals surface area (Å²) in [6.45, 7) is 2.20. The summed E-state index contributed by atoms with van der Waals surface area (Å²) >= 11 is 0. The molecule has 14 heavy (non-hydrogen) atoms. The molecule has 0 spiro atoms. The largest absolute Gasteiger partial charge is 0.463 e. The third-order valence-corrected chi connectivity index (χ3v) is 1.50. The maximum Gasteiger partial charge on any atom is 0.330 e. The van der Waals surface area contributed by atoms with Gasteiger partial charge in [-0.3, -0.25) is 0 Å². The molecule has 0 heterocycles. The minimum Gasteiger partial charge on any atom is -0.463 e. The first kappa shape index (κ1) is 12.5. The minimum absolute atomic E-state index is 0. The Morgan fingerprint density at radius 2 is 2.00 bits per heavy atom. The molecule has 0 amide bonds. The smallest absolute Gasteiger partial charge is 0.330 e. The third kappa shape index (κ3) is 4.50. The molecule has 3 radical (unpaired) electrons.